The van der Waals surface area contributed by atoms with Gasteiger partial charge in [0.2, 0.25) is 0 Å². The summed E-state index contributed by atoms with van der Waals surface area (Å²) in [5.41, 5.74) is 0. The summed E-state index contributed by atoms with van der Waals surface area (Å²) in [6.07, 6.45) is 0. The van der Waals surface area contributed by atoms with Gasteiger partial charge in [0.25, 0.3) is 0 Å². The summed E-state index contributed by atoms with van der Waals surface area (Å²) < 4.78 is 12.0. The predicted molar refractivity (Wildman–Crippen MR) is 43.6 cm³/mol. The van der Waals surface area contributed by atoms with Gasteiger partial charge >= 0.3 is 18.1 Å². The molecule has 0 heterocycles. The summed E-state index contributed by atoms with van der Waals surface area (Å²) in [5.74, 6) is 0. The predicted octanol–water partition coefficient (Wildman–Crippen LogP) is -3.26. The summed E-state index contributed by atoms with van der Waals surface area (Å²) in [7, 11) is -4.41. The van der Waals surface area contributed by atoms with Crippen molar-refractivity contribution in [3.05, 3.63) is 0 Å². The van der Waals surface area contributed by atoms with Gasteiger partial charge in [-0.15, -0.1) is 0 Å². The minimum Gasteiger partial charge on any atom is -0.368 e. The Bertz CT molecular complexity index is 115. The standard InChI is InChI=1S/C2H8O4Si.CH6O4Si/c1-5-7(3,4)6-2;1-5-6(2,3)4/h3-4H,1-2H3;2-4H,1H3. The molecule has 0 saturated carbocycles. The van der Waals surface area contributed by atoms with E-state index in [9.17, 15) is 0 Å². The van der Waals surface area contributed by atoms with Crippen molar-refractivity contribution in [3.8, 4) is 0 Å². The van der Waals surface area contributed by atoms with E-state index in [0.29, 0.717) is 0 Å². The highest BCUT2D eigenvalue weighted by molar-refractivity contribution is 6.50. The average molecular weight is 234 g/mol. The Balaban J connectivity index is 0. The Morgan fingerprint density at radius 3 is 0.923 bits per heavy atom. The van der Waals surface area contributed by atoms with Gasteiger partial charge in [0.05, 0.1) is 0 Å². The van der Waals surface area contributed by atoms with Gasteiger partial charge in [-0.3, -0.25) is 0 Å². The molecule has 0 radical (unpaired) electrons. The Labute approximate surface area is 77.5 Å². The van der Waals surface area contributed by atoms with Crippen LogP contribution in [0.4, 0.5) is 0 Å². The number of rotatable bonds is 3. The van der Waals surface area contributed by atoms with Crippen LogP contribution in [-0.2, 0) is 13.3 Å². The molecule has 8 nitrogen and oxygen atoms in total. The van der Waals surface area contributed by atoms with Crippen LogP contribution >= 0.6 is 0 Å². The summed E-state index contributed by atoms with van der Waals surface area (Å²) in [4.78, 5) is 40.3. The smallest absolute Gasteiger partial charge is 0.368 e. The first-order valence-electron chi connectivity index (χ1n) is 2.96. The molecule has 0 aliphatic rings. The molecule has 0 aliphatic carbocycles. The lowest BCUT2D eigenvalue weighted by Crippen LogP contribution is -2.40. The number of hydrogen-bond donors (Lipinski definition) is 5. The molecule has 0 amide bonds. The Hall–Kier alpha value is 0.114. The van der Waals surface area contributed by atoms with E-state index in [2.05, 4.69) is 13.3 Å². The molecule has 0 rings (SSSR count). The zero-order valence-corrected chi connectivity index (χ0v) is 9.46. The van der Waals surface area contributed by atoms with Crippen LogP contribution in [0.3, 0.4) is 0 Å². The minimum atomic E-state index is -4.13. The van der Waals surface area contributed by atoms with Crippen molar-refractivity contribution in [3.63, 3.8) is 0 Å². The zero-order chi connectivity index (χ0) is 11.1. The van der Waals surface area contributed by atoms with E-state index in [1.807, 2.05) is 0 Å². The molecule has 0 bridgehead atoms. The molecule has 0 fully saturated rings. The third-order valence-electron chi connectivity index (χ3n) is 0.806. The Morgan fingerprint density at radius 2 is 0.923 bits per heavy atom. The van der Waals surface area contributed by atoms with Crippen LogP contribution in [0.15, 0.2) is 0 Å². The second-order valence-electron chi connectivity index (χ2n) is 1.73. The highest BCUT2D eigenvalue weighted by Gasteiger charge is 2.32. The molecular formula is C3H14O8Si2. The van der Waals surface area contributed by atoms with Crippen LogP contribution < -0.4 is 0 Å². The van der Waals surface area contributed by atoms with E-state index in [1.54, 1.807) is 0 Å². The Morgan fingerprint density at radius 1 is 0.692 bits per heavy atom. The SMILES string of the molecule is CO[Si](O)(O)O.CO[Si](O)(O)OC. The third-order valence-corrected chi connectivity index (χ3v) is 2.42. The fraction of sp³-hybridized carbons (Fsp3) is 1.00. The molecule has 0 aromatic carbocycles. The lowest BCUT2D eigenvalue weighted by molar-refractivity contribution is 0.0633. The summed E-state index contributed by atoms with van der Waals surface area (Å²) in [5, 5.41) is 0. The van der Waals surface area contributed by atoms with Crippen LogP contribution in [0.25, 0.3) is 0 Å². The van der Waals surface area contributed by atoms with Gasteiger partial charge in [0, 0.05) is 21.3 Å². The second kappa shape index (κ2) is 6.55. The average Bonchev–Trinajstić information content (AvgIpc) is 2.04. The van der Waals surface area contributed by atoms with Gasteiger partial charge in [0.1, 0.15) is 0 Å². The van der Waals surface area contributed by atoms with E-state index < -0.39 is 18.1 Å². The van der Waals surface area contributed by atoms with Crippen LogP contribution in [0.2, 0.25) is 0 Å². The summed E-state index contributed by atoms with van der Waals surface area (Å²) in [6, 6.07) is 0. The van der Waals surface area contributed by atoms with Crippen molar-refractivity contribution < 1.29 is 37.3 Å². The van der Waals surface area contributed by atoms with Crippen molar-refractivity contribution in [2.45, 2.75) is 0 Å². The molecule has 0 atom stereocenters. The molecule has 13 heavy (non-hydrogen) atoms. The molecule has 0 spiro atoms. The van der Waals surface area contributed by atoms with Crippen molar-refractivity contribution in [2.24, 2.45) is 0 Å². The summed E-state index contributed by atoms with van der Waals surface area (Å²) in [6.45, 7) is 0. The van der Waals surface area contributed by atoms with Crippen LogP contribution in [-0.4, -0.2) is 63.4 Å². The van der Waals surface area contributed by atoms with Crippen LogP contribution in [0, 0.1) is 0 Å². The molecule has 5 N–H and O–H groups in total. The molecule has 0 saturated heterocycles. The van der Waals surface area contributed by atoms with Crippen molar-refractivity contribution in [1.29, 1.82) is 0 Å². The van der Waals surface area contributed by atoms with Gasteiger partial charge in [0.15, 0.2) is 0 Å². The molecule has 0 aromatic rings. The van der Waals surface area contributed by atoms with Crippen LogP contribution in [0.5, 0.6) is 0 Å². The first-order valence-corrected chi connectivity index (χ1v) is 6.42. The van der Waals surface area contributed by atoms with Gasteiger partial charge in [-0.2, -0.15) is 0 Å². The zero-order valence-electron chi connectivity index (χ0n) is 7.46. The monoisotopic (exact) mass is 234 g/mol. The van der Waals surface area contributed by atoms with E-state index in [1.165, 1.54) is 14.2 Å². The maximum Gasteiger partial charge on any atom is 0.673 e. The molecule has 0 aliphatic heterocycles. The maximum absolute atomic E-state index is 8.38. The lowest BCUT2D eigenvalue weighted by atomic mass is 11.8. The molecule has 82 valence electrons. The fourth-order valence-corrected chi connectivity index (χ4v) is 0.250. The van der Waals surface area contributed by atoms with Crippen molar-refractivity contribution in [2.75, 3.05) is 21.3 Å². The first-order chi connectivity index (χ1) is 5.68. The van der Waals surface area contributed by atoms with E-state index in [-0.39, 0.29) is 0 Å². The van der Waals surface area contributed by atoms with Crippen molar-refractivity contribution in [1.82, 2.24) is 0 Å². The van der Waals surface area contributed by atoms with E-state index in [4.69, 9.17) is 24.0 Å². The largest absolute Gasteiger partial charge is 0.673 e. The van der Waals surface area contributed by atoms with E-state index >= 15 is 0 Å². The Kier molecular flexibility index (Phi) is 7.85. The second-order valence-corrected chi connectivity index (χ2v) is 5.20. The summed E-state index contributed by atoms with van der Waals surface area (Å²) >= 11 is 0. The highest BCUT2D eigenvalue weighted by atomic mass is 28.4. The highest BCUT2D eigenvalue weighted by Crippen LogP contribution is 1.89. The van der Waals surface area contributed by atoms with Gasteiger partial charge in [-0.05, 0) is 0 Å². The van der Waals surface area contributed by atoms with Gasteiger partial charge in [-0.25, -0.2) is 0 Å². The normalized spacial score (nSPS) is 12.0. The quantitative estimate of drug-likeness (QED) is 0.322. The molecule has 0 aromatic heterocycles. The third kappa shape index (κ3) is 14.9. The number of hydrogen-bond acceptors (Lipinski definition) is 8. The maximum atomic E-state index is 8.38. The van der Waals surface area contributed by atoms with Gasteiger partial charge < -0.3 is 37.3 Å². The van der Waals surface area contributed by atoms with Gasteiger partial charge in [-0.1, -0.05) is 0 Å². The molecule has 10 heteroatoms. The molecule has 0 unspecified atom stereocenters. The topological polar surface area (TPSA) is 129 Å². The van der Waals surface area contributed by atoms with Crippen molar-refractivity contribution >= 4 is 18.1 Å². The van der Waals surface area contributed by atoms with E-state index in [0.717, 1.165) is 7.11 Å². The first kappa shape index (κ1) is 15.6. The molecular weight excluding hydrogens is 220 g/mol. The van der Waals surface area contributed by atoms with Crippen LogP contribution in [0.1, 0.15) is 0 Å². The lowest BCUT2D eigenvalue weighted by Gasteiger charge is -2.08. The minimum absolute atomic E-state index is 1.02. The fourth-order valence-electron chi connectivity index (χ4n) is 0.0833.